The zero-order valence-electron chi connectivity index (χ0n) is 15.2. The van der Waals surface area contributed by atoms with Crippen LogP contribution in [0.15, 0.2) is 78.9 Å². The van der Waals surface area contributed by atoms with Gasteiger partial charge in [0.15, 0.2) is 0 Å². The van der Waals surface area contributed by atoms with Crippen molar-refractivity contribution in [1.29, 1.82) is 0 Å². The molecule has 0 heterocycles. The van der Waals surface area contributed by atoms with Gasteiger partial charge in [-0.2, -0.15) is 0 Å². The SMILES string of the molecule is Cc1cccc(CNC(=O)CNC(=O)c2ccc(-c3ccccc3)cc2)c1. The molecule has 0 atom stereocenters. The first-order chi connectivity index (χ1) is 13.1. The minimum absolute atomic E-state index is 0.0505. The van der Waals surface area contributed by atoms with Crippen LogP contribution in [0.4, 0.5) is 0 Å². The van der Waals surface area contributed by atoms with E-state index >= 15 is 0 Å². The highest BCUT2D eigenvalue weighted by Crippen LogP contribution is 2.19. The van der Waals surface area contributed by atoms with Crippen LogP contribution in [0.25, 0.3) is 11.1 Å². The summed E-state index contributed by atoms with van der Waals surface area (Å²) in [4.78, 5) is 24.2. The molecule has 3 aromatic carbocycles. The first-order valence-electron chi connectivity index (χ1n) is 8.88. The van der Waals surface area contributed by atoms with Gasteiger partial charge in [0.1, 0.15) is 0 Å². The zero-order valence-corrected chi connectivity index (χ0v) is 15.2. The summed E-state index contributed by atoms with van der Waals surface area (Å²) in [7, 11) is 0. The highest BCUT2D eigenvalue weighted by molar-refractivity contribution is 5.96. The third kappa shape index (κ3) is 5.28. The van der Waals surface area contributed by atoms with Crippen LogP contribution in [0.1, 0.15) is 21.5 Å². The molecule has 0 unspecified atom stereocenters. The summed E-state index contributed by atoms with van der Waals surface area (Å²) in [5, 5.41) is 5.46. The number of hydrogen-bond acceptors (Lipinski definition) is 2. The van der Waals surface area contributed by atoms with Crippen molar-refractivity contribution >= 4 is 11.8 Å². The summed E-state index contributed by atoms with van der Waals surface area (Å²) >= 11 is 0. The molecule has 0 spiro atoms. The number of nitrogens with one attached hydrogen (secondary N) is 2. The number of hydrogen-bond donors (Lipinski definition) is 2. The van der Waals surface area contributed by atoms with Gasteiger partial charge in [-0.05, 0) is 35.7 Å². The second-order valence-electron chi connectivity index (χ2n) is 6.39. The normalized spacial score (nSPS) is 10.3. The van der Waals surface area contributed by atoms with Gasteiger partial charge in [-0.15, -0.1) is 0 Å². The van der Waals surface area contributed by atoms with E-state index in [1.807, 2.05) is 73.7 Å². The molecule has 2 amide bonds. The van der Waals surface area contributed by atoms with Crippen LogP contribution in [0.2, 0.25) is 0 Å². The Morgan fingerprint density at radius 3 is 2.19 bits per heavy atom. The van der Waals surface area contributed by atoms with Gasteiger partial charge in [0.25, 0.3) is 5.91 Å². The van der Waals surface area contributed by atoms with Crippen LogP contribution >= 0.6 is 0 Å². The Morgan fingerprint density at radius 2 is 1.48 bits per heavy atom. The van der Waals surface area contributed by atoms with Crippen LogP contribution in [-0.4, -0.2) is 18.4 Å². The van der Waals surface area contributed by atoms with Gasteiger partial charge in [0, 0.05) is 12.1 Å². The molecule has 0 aliphatic carbocycles. The maximum absolute atomic E-state index is 12.2. The topological polar surface area (TPSA) is 58.2 Å². The third-order valence-corrected chi connectivity index (χ3v) is 4.24. The summed E-state index contributed by atoms with van der Waals surface area (Å²) in [5.74, 6) is -0.480. The average molecular weight is 358 g/mol. The van der Waals surface area contributed by atoms with Crippen molar-refractivity contribution in [3.63, 3.8) is 0 Å². The number of benzene rings is 3. The molecule has 27 heavy (non-hydrogen) atoms. The van der Waals surface area contributed by atoms with E-state index in [9.17, 15) is 9.59 Å². The number of carbonyl (C=O) groups is 2. The van der Waals surface area contributed by atoms with Crippen molar-refractivity contribution in [3.8, 4) is 11.1 Å². The fraction of sp³-hybridized carbons (Fsp3) is 0.130. The molecule has 3 rings (SSSR count). The van der Waals surface area contributed by atoms with E-state index in [0.717, 1.165) is 22.3 Å². The zero-order chi connectivity index (χ0) is 19.1. The first kappa shape index (κ1) is 18.4. The number of amides is 2. The molecule has 4 nitrogen and oxygen atoms in total. The van der Waals surface area contributed by atoms with Gasteiger partial charge in [-0.25, -0.2) is 0 Å². The van der Waals surface area contributed by atoms with Crippen LogP contribution in [0.5, 0.6) is 0 Å². The van der Waals surface area contributed by atoms with Crippen LogP contribution in [0, 0.1) is 6.92 Å². The molecule has 2 N–H and O–H groups in total. The van der Waals surface area contributed by atoms with E-state index in [4.69, 9.17) is 0 Å². The van der Waals surface area contributed by atoms with Crippen molar-refractivity contribution in [1.82, 2.24) is 10.6 Å². The molecule has 0 saturated carbocycles. The highest BCUT2D eigenvalue weighted by atomic mass is 16.2. The van der Waals surface area contributed by atoms with E-state index in [1.165, 1.54) is 0 Å². The quantitative estimate of drug-likeness (QED) is 0.706. The van der Waals surface area contributed by atoms with Gasteiger partial charge in [0.05, 0.1) is 6.54 Å². The fourth-order valence-corrected chi connectivity index (χ4v) is 2.79. The van der Waals surface area contributed by atoms with Crippen LogP contribution in [-0.2, 0) is 11.3 Å². The van der Waals surface area contributed by atoms with Crippen molar-refractivity contribution in [2.75, 3.05) is 6.54 Å². The summed E-state index contributed by atoms with van der Waals surface area (Å²) in [6.07, 6.45) is 0. The maximum atomic E-state index is 12.2. The summed E-state index contributed by atoms with van der Waals surface area (Å²) in [6.45, 7) is 2.40. The lowest BCUT2D eigenvalue weighted by atomic mass is 10.0. The smallest absolute Gasteiger partial charge is 0.251 e. The summed E-state index contributed by atoms with van der Waals surface area (Å²) < 4.78 is 0. The van der Waals surface area contributed by atoms with Gasteiger partial charge in [-0.1, -0.05) is 72.3 Å². The fourth-order valence-electron chi connectivity index (χ4n) is 2.79. The van der Waals surface area contributed by atoms with Gasteiger partial charge >= 0.3 is 0 Å². The molecule has 0 radical (unpaired) electrons. The molecule has 4 heteroatoms. The molecule has 3 aromatic rings. The number of rotatable bonds is 6. The standard InChI is InChI=1S/C23H22N2O2/c1-17-6-5-7-18(14-17)15-24-22(26)16-25-23(27)21-12-10-20(11-13-21)19-8-3-2-4-9-19/h2-14H,15-16H2,1H3,(H,24,26)(H,25,27). The Labute approximate surface area is 159 Å². The summed E-state index contributed by atoms with van der Waals surface area (Å²) in [5.41, 5.74) is 4.85. The van der Waals surface area contributed by atoms with Gasteiger partial charge in [0.2, 0.25) is 5.91 Å². The van der Waals surface area contributed by atoms with E-state index < -0.39 is 0 Å². The van der Waals surface area contributed by atoms with E-state index in [-0.39, 0.29) is 18.4 Å². The minimum atomic E-state index is -0.264. The van der Waals surface area contributed by atoms with Crippen LogP contribution in [0.3, 0.4) is 0 Å². The Morgan fingerprint density at radius 1 is 0.778 bits per heavy atom. The lowest BCUT2D eigenvalue weighted by Gasteiger charge is -2.08. The maximum Gasteiger partial charge on any atom is 0.251 e. The molecule has 0 aliphatic rings. The van der Waals surface area contributed by atoms with Crippen molar-refractivity contribution in [2.45, 2.75) is 13.5 Å². The van der Waals surface area contributed by atoms with Crippen LogP contribution < -0.4 is 10.6 Å². The van der Waals surface area contributed by atoms with E-state index in [0.29, 0.717) is 12.1 Å². The molecule has 0 fully saturated rings. The Kier molecular flexibility index (Phi) is 6.00. The molecule has 0 aliphatic heterocycles. The van der Waals surface area contributed by atoms with Crippen molar-refractivity contribution in [3.05, 3.63) is 95.6 Å². The largest absolute Gasteiger partial charge is 0.350 e. The second kappa shape index (κ2) is 8.81. The lowest BCUT2D eigenvalue weighted by Crippen LogP contribution is -2.36. The molecule has 0 saturated heterocycles. The monoisotopic (exact) mass is 358 g/mol. The summed E-state index contributed by atoms with van der Waals surface area (Å²) in [6, 6.07) is 25.3. The molecule has 136 valence electrons. The number of carbonyl (C=O) groups excluding carboxylic acids is 2. The molecule has 0 aromatic heterocycles. The predicted molar refractivity (Wildman–Crippen MR) is 107 cm³/mol. The van der Waals surface area contributed by atoms with Crippen molar-refractivity contribution < 1.29 is 9.59 Å². The van der Waals surface area contributed by atoms with E-state index in [1.54, 1.807) is 12.1 Å². The Balaban J connectivity index is 1.49. The number of aryl methyl sites for hydroxylation is 1. The van der Waals surface area contributed by atoms with Crippen molar-refractivity contribution in [2.24, 2.45) is 0 Å². The molecular formula is C23H22N2O2. The Hall–Kier alpha value is -3.40. The van der Waals surface area contributed by atoms with E-state index in [2.05, 4.69) is 10.6 Å². The molecule has 0 bridgehead atoms. The minimum Gasteiger partial charge on any atom is -0.350 e. The second-order valence-corrected chi connectivity index (χ2v) is 6.39. The predicted octanol–water partition coefficient (Wildman–Crippen LogP) is 3.71. The first-order valence-corrected chi connectivity index (χ1v) is 8.88. The third-order valence-electron chi connectivity index (χ3n) is 4.24. The Bertz CT molecular complexity index is 919. The highest BCUT2D eigenvalue weighted by Gasteiger charge is 2.08. The lowest BCUT2D eigenvalue weighted by molar-refractivity contribution is -0.120. The van der Waals surface area contributed by atoms with Gasteiger partial charge in [-0.3, -0.25) is 9.59 Å². The van der Waals surface area contributed by atoms with Gasteiger partial charge < -0.3 is 10.6 Å². The molecular weight excluding hydrogens is 336 g/mol. The average Bonchev–Trinajstić information content (AvgIpc) is 2.71.